The lowest BCUT2D eigenvalue weighted by molar-refractivity contribution is -0.135. The molecule has 0 aromatic carbocycles. The van der Waals surface area contributed by atoms with E-state index >= 15 is 0 Å². The van der Waals surface area contributed by atoms with E-state index in [4.69, 9.17) is 0 Å². The summed E-state index contributed by atoms with van der Waals surface area (Å²) in [6.07, 6.45) is 4.53. The van der Waals surface area contributed by atoms with Gasteiger partial charge in [0.05, 0.1) is 11.7 Å². The zero-order chi connectivity index (χ0) is 13.9. The number of carbonyl (C=O) groups is 1. The molecule has 0 radical (unpaired) electrons. The summed E-state index contributed by atoms with van der Waals surface area (Å²) in [5, 5.41) is 3.55. The zero-order valence-corrected chi connectivity index (χ0v) is 12.9. The quantitative estimate of drug-likeness (QED) is 0.789. The van der Waals surface area contributed by atoms with Gasteiger partial charge in [0.15, 0.2) is 0 Å². The second kappa shape index (κ2) is 6.05. The fourth-order valence-electron chi connectivity index (χ4n) is 2.72. The summed E-state index contributed by atoms with van der Waals surface area (Å²) in [4.78, 5) is 14.7. The summed E-state index contributed by atoms with van der Waals surface area (Å²) >= 11 is 0. The van der Waals surface area contributed by atoms with Gasteiger partial charge in [0.2, 0.25) is 5.91 Å². The van der Waals surface area contributed by atoms with Gasteiger partial charge in [0.25, 0.3) is 0 Å². The van der Waals surface area contributed by atoms with Crippen LogP contribution in [-0.4, -0.2) is 28.6 Å². The lowest BCUT2D eigenvalue weighted by Crippen LogP contribution is -2.46. The van der Waals surface area contributed by atoms with Crippen LogP contribution in [0.2, 0.25) is 0 Å². The van der Waals surface area contributed by atoms with Crippen molar-refractivity contribution in [2.75, 3.05) is 0 Å². The number of rotatable bonds is 6. The van der Waals surface area contributed by atoms with Gasteiger partial charge in [-0.3, -0.25) is 10.1 Å². The first-order valence-electron chi connectivity index (χ1n) is 7.47. The maximum absolute atomic E-state index is 12.6. The third-order valence-corrected chi connectivity index (χ3v) is 4.26. The van der Waals surface area contributed by atoms with Gasteiger partial charge in [-0.15, -0.1) is 0 Å². The molecule has 1 aliphatic rings. The highest BCUT2D eigenvalue weighted by Gasteiger charge is 2.48. The van der Waals surface area contributed by atoms with Gasteiger partial charge in [-0.2, -0.15) is 0 Å². The molecule has 0 aromatic rings. The van der Waals surface area contributed by atoms with E-state index in [1.807, 2.05) is 6.92 Å². The summed E-state index contributed by atoms with van der Waals surface area (Å²) in [5.74, 6) is 0.735. The minimum Gasteiger partial charge on any atom is -0.323 e. The van der Waals surface area contributed by atoms with E-state index < -0.39 is 0 Å². The van der Waals surface area contributed by atoms with Crippen molar-refractivity contribution in [3.63, 3.8) is 0 Å². The Hall–Kier alpha value is -0.570. The van der Waals surface area contributed by atoms with Gasteiger partial charge >= 0.3 is 0 Å². The van der Waals surface area contributed by atoms with Crippen LogP contribution in [0.15, 0.2) is 0 Å². The van der Waals surface area contributed by atoms with Crippen molar-refractivity contribution >= 4 is 5.91 Å². The first-order chi connectivity index (χ1) is 8.37. The van der Waals surface area contributed by atoms with Crippen molar-refractivity contribution < 1.29 is 4.79 Å². The Kier molecular flexibility index (Phi) is 5.20. The number of unbranched alkanes of at least 4 members (excludes halogenated alkanes) is 1. The van der Waals surface area contributed by atoms with Crippen LogP contribution in [0.3, 0.4) is 0 Å². The minimum atomic E-state index is -0.366. The molecular formula is C15H30N2O. The third-order valence-electron chi connectivity index (χ3n) is 4.26. The Morgan fingerprint density at radius 2 is 1.94 bits per heavy atom. The number of nitrogens with zero attached hydrogens (tertiary/aromatic N) is 1. The van der Waals surface area contributed by atoms with Crippen molar-refractivity contribution in [3.8, 4) is 0 Å². The molecule has 0 saturated carbocycles. The summed E-state index contributed by atoms with van der Waals surface area (Å²) in [7, 11) is 0. The summed E-state index contributed by atoms with van der Waals surface area (Å²) < 4.78 is 0. The molecule has 0 aliphatic carbocycles. The van der Waals surface area contributed by atoms with E-state index in [2.05, 4.69) is 44.8 Å². The number of carbonyl (C=O) groups excluding carboxylic acids is 1. The fourth-order valence-corrected chi connectivity index (χ4v) is 2.72. The van der Waals surface area contributed by atoms with Gasteiger partial charge in [0, 0.05) is 6.04 Å². The summed E-state index contributed by atoms with van der Waals surface area (Å²) in [6, 6.07) is 0.339. The van der Waals surface area contributed by atoms with Crippen molar-refractivity contribution in [3.05, 3.63) is 0 Å². The Balaban J connectivity index is 2.87. The average molecular weight is 254 g/mol. The maximum atomic E-state index is 12.6. The molecule has 1 fully saturated rings. The van der Waals surface area contributed by atoms with E-state index in [0.717, 1.165) is 12.8 Å². The highest BCUT2D eigenvalue weighted by Crippen LogP contribution is 2.30. The van der Waals surface area contributed by atoms with Gasteiger partial charge in [-0.1, -0.05) is 40.5 Å². The molecule has 106 valence electrons. The van der Waals surface area contributed by atoms with E-state index in [1.165, 1.54) is 12.8 Å². The Bertz CT molecular complexity index is 290. The molecule has 0 bridgehead atoms. The van der Waals surface area contributed by atoms with Crippen LogP contribution in [0.25, 0.3) is 0 Å². The molecular weight excluding hydrogens is 224 g/mol. The van der Waals surface area contributed by atoms with E-state index in [-0.39, 0.29) is 17.6 Å². The Morgan fingerprint density at radius 3 is 2.39 bits per heavy atom. The van der Waals surface area contributed by atoms with Crippen LogP contribution in [0.4, 0.5) is 0 Å². The molecule has 18 heavy (non-hydrogen) atoms. The smallest absolute Gasteiger partial charge is 0.244 e. The van der Waals surface area contributed by atoms with E-state index in [0.29, 0.717) is 12.0 Å². The fraction of sp³-hybridized carbons (Fsp3) is 0.933. The number of amides is 1. The van der Waals surface area contributed by atoms with Crippen LogP contribution < -0.4 is 5.32 Å². The highest BCUT2D eigenvalue weighted by atomic mass is 16.2. The largest absolute Gasteiger partial charge is 0.323 e. The third kappa shape index (κ3) is 2.87. The molecule has 0 spiro atoms. The lowest BCUT2D eigenvalue weighted by atomic mass is 9.98. The molecule has 1 N–H and O–H groups in total. The van der Waals surface area contributed by atoms with Crippen molar-refractivity contribution in [1.29, 1.82) is 0 Å². The number of nitrogens with one attached hydrogen (secondary N) is 1. The van der Waals surface area contributed by atoms with Gasteiger partial charge in [-0.25, -0.2) is 0 Å². The Labute approximate surface area is 112 Å². The molecule has 0 aromatic heterocycles. The van der Waals surface area contributed by atoms with E-state index in [9.17, 15) is 4.79 Å². The molecule has 3 atom stereocenters. The van der Waals surface area contributed by atoms with Gasteiger partial charge in [0.1, 0.15) is 0 Å². The van der Waals surface area contributed by atoms with Crippen molar-refractivity contribution in [1.82, 2.24) is 10.2 Å². The maximum Gasteiger partial charge on any atom is 0.244 e. The molecule has 1 heterocycles. The standard InChI is InChI=1S/C15H30N2O/c1-7-9-10-12(5)17-13(11(3)4)16-15(6,8-2)14(17)18/h11-13,16H,7-10H2,1-6H3. The molecule has 3 heteroatoms. The number of hydrogen-bond donors (Lipinski definition) is 1. The second-order valence-corrected chi connectivity index (χ2v) is 6.22. The summed E-state index contributed by atoms with van der Waals surface area (Å²) in [6.45, 7) is 12.9. The number of hydrogen-bond acceptors (Lipinski definition) is 2. The SMILES string of the molecule is CCCCC(C)N1C(=O)C(C)(CC)NC1C(C)C. The normalized spacial score (nSPS) is 30.3. The molecule has 1 aliphatic heterocycles. The van der Waals surface area contributed by atoms with Gasteiger partial charge in [-0.05, 0) is 32.6 Å². The van der Waals surface area contributed by atoms with Crippen molar-refractivity contribution in [2.24, 2.45) is 5.92 Å². The average Bonchev–Trinajstić information content (AvgIpc) is 2.60. The van der Waals surface area contributed by atoms with Crippen LogP contribution in [0.1, 0.15) is 67.2 Å². The Morgan fingerprint density at radius 1 is 1.33 bits per heavy atom. The molecule has 1 rings (SSSR count). The topological polar surface area (TPSA) is 32.3 Å². The first kappa shape index (κ1) is 15.5. The highest BCUT2D eigenvalue weighted by molar-refractivity contribution is 5.88. The monoisotopic (exact) mass is 254 g/mol. The lowest BCUT2D eigenvalue weighted by Gasteiger charge is -2.32. The van der Waals surface area contributed by atoms with Crippen LogP contribution in [0, 0.1) is 5.92 Å². The summed E-state index contributed by atoms with van der Waals surface area (Å²) in [5.41, 5.74) is -0.366. The predicted octanol–water partition coefficient (Wildman–Crippen LogP) is 3.15. The molecule has 1 saturated heterocycles. The van der Waals surface area contributed by atoms with Gasteiger partial charge < -0.3 is 4.90 Å². The van der Waals surface area contributed by atoms with E-state index in [1.54, 1.807) is 0 Å². The zero-order valence-electron chi connectivity index (χ0n) is 12.9. The molecule has 1 amide bonds. The van der Waals surface area contributed by atoms with Crippen molar-refractivity contribution in [2.45, 2.75) is 85.0 Å². The predicted molar refractivity (Wildman–Crippen MR) is 76.3 cm³/mol. The molecule has 3 unspecified atom stereocenters. The van der Waals surface area contributed by atoms with Crippen LogP contribution in [0.5, 0.6) is 0 Å². The van der Waals surface area contributed by atoms with Crippen LogP contribution >= 0.6 is 0 Å². The minimum absolute atomic E-state index is 0.189. The first-order valence-corrected chi connectivity index (χ1v) is 7.47. The van der Waals surface area contributed by atoms with Crippen LogP contribution in [-0.2, 0) is 4.79 Å². The second-order valence-electron chi connectivity index (χ2n) is 6.22. The molecule has 3 nitrogen and oxygen atoms in total.